The predicted molar refractivity (Wildman–Crippen MR) is 44.3 cm³/mol. The maximum Gasteiger partial charge on any atom is 0.435 e. The van der Waals surface area contributed by atoms with Crippen molar-refractivity contribution >= 4 is 0 Å². The summed E-state index contributed by atoms with van der Waals surface area (Å²) in [6.45, 7) is 5.76. The summed E-state index contributed by atoms with van der Waals surface area (Å²) >= 11 is 0. The number of aromatic nitrogens is 2. The molecule has 5 heteroatoms. The molecule has 0 aliphatic heterocycles. The number of hydrogen-bond acceptors (Lipinski definition) is 1. The van der Waals surface area contributed by atoms with Gasteiger partial charge in [-0.05, 0) is 12.5 Å². The summed E-state index contributed by atoms with van der Waals surface area (Å²) in [5.74, 6) is 0. The highest BCUT2D eigenvalue weighted by molar-refractivity contribution is 5.11. The Hall–Kier alpha value is -1.00. The molecule has 1 N–H and O–H groups in total. The Balaban J connectivity index is 0.000000671. The minimum Gasteiger partial charge on any atom is -0.282 e. The van der Waals surface area contributed by atoms with Crippen LogP contribution in [0.3, 0.4) is 0 Å². The molecular formula is C8H13F3N2. The first-order valence-electron chi connectivity index (χ1n) is 4.15. The van der Waals surface area contributed by atoms with Gasteiger partial charge in [-0.1, -0.05) is 20.8 Å². The first kappa shape index (κ1) is 12.0. The fourth-order valence-corrected chi connectivity index (χ4v) is 0.688. The van der Waals surface area contributed by atoms with Gasteiger partial charge in [-0.2, -0.15) is 18.3 Å². The number of nitrogens with one attached hydrogen (secondary N) is 1. The van der Waals surface area contributed by atoms with Crippen LogP contribution in [0, 0.1) is 0 Å². The zero-order chi connectivity index (χ0) is 10.5. The normalized spacial score (nSPS) is 10.6. The first-order chi connectivity index (χ1) is 6.04. The van der Waals surface area contributed by atoms with Crippen LogP contribution < -0.4 is 0 Å². The van der Waals surface area contributed by atoms with Crippen LogP contribution >= 0.6 is 0 Å². The highest BCUT2D eigenvalue weighted by Crippen LogP contribution is 2.27. The van der Waals surface area contributed by atoms with Gasteiger partial charge in [0.25, 0.3) is 0 Å². The molecule has 1 heterocycles. The summed E-state index contributed by atoms with van der Waals surface area (Å²) in [5.41, 5.74) is -0.355. The number of alkyl halides is 3. The summed E-state index contributed by atoms with van der Waals surface area (Å²) in [7, 11) is 0. The summed E-state index contributed by atoms with van der Waals surface area (Å²) in [4.78, 5) is 0. The topological polar surface area (TPSA) is 28.7 Å². The van der Waals surface area contributed by atoms with Crippen LogP contribution in [0.2, 0.25) is 0 Å². The highest BCUT2D eigenvalue weighted by Gasteiger charge is 2.33. The minimum absolute atomic E-state index is 0.498. The molecule has 0 spiro atoms. The molecule has 0 saturated heterocycles. The molecule has 0 aromatic carbocycles. The molecule has 76 valence electrons. The number of hydrogen-bond donors (Lipinski definition) is 1. The van der Waals surface area contributed by atoms with Crippen LogP contribution in [0.15, 0.2) is 6.07 Å². The first-order valence-corrected chi connectivity index (χ1v) is 4.15. The molecule has 0 atom stereocenters. The average molecular weight is 194 g/mol. The SMILES string of the molecule is CC.CCc1cc(C(F)(F)F)n[nH]1. The lowest BCUT2D eigenvalue weighted by molar-refractivity contribution is -0.141. The van der Waals surface area contributed by atoms with E-state index in [2.05, 4.69) is 10.2 Å². The van der Waals surface area contributed by atoms with Gasteiger partial charge in [0.1, 0.15) is 0 Å². The van der Waals surface area contributed by atoms with Crippen molar-refractivity contribution in [1.29, 1.82) is 0 Å². The lowest BCUT2D eigenvalue weighted by Crippen LogP contribution is -2.04. The van der Waals surface area contributed by atoms with E-state index in [9.17, 15) is 13.2 Å². The van der Waals surface area contributed by atoms with Crippen molar-refractivity contribution in [3.8, 4) is 0 Å². The maximum atomic E-state index is 11.9. The largest absolute Gasteiger partial charge is 0.435 e. The number of nitrogens with zero attached hydrogens (tertiary/aromatic N) is 1. The Bertz CT molecular complexity index is 240. The average Bonchev–Trinajstić information content (AvgIpc) is 2.54. The molecule has 0 bridgehead atoms. The standard InChI is InChI=1S/C6H7F3N2.C2H6/c1-2-4-3-5(11-10-4)6(7,8)9;1-2/h3H,2H2,1H3,(H,10,11);1-2H3. The van der Waals surface area contributed by atoms with Gasteiger partial charge in [-0.25, -0.2) is 0 Å². The van der Waals surface area contributed by atoms with E-state index in [1.165, 1.54) is 0 Å². The summed E-state index contributed by atoms with van der Waals surface area (Å²) in [6.07, 6.45) is -3.80. The summed E-state index contributed by atoms with van der Waals surface area (Å²) < 4.78 is 35.6. The summed E-state index contributed by atoms with van der Waals surface area (Å²) in [5, 5.41) is 5.40. The smallest absolute Gasteiger partial charge is 0.282 e. The Kier molecular flexibility index (Phi) is 4.51. The molecule has 2 nitrogen and oxygen atoms in total. The zero-order valence-corrected chi connectivity index (χ0v) is 7.87. The van der Waals surface area contributed by atoms with Gasteiger partial charge in [0, 0.05) is 5.69 Å². The van der Waals surface area contributed by atoms with Gasteiger partial charge >= 0.3 is 6.18 Å². The second kappa shape index (κ2) is 4.89. The van der Waals surface area contributed by atoms with Crippen LogP contribution in [-0.2, 0) is 12.6 Å². The van der Waals surface area contributed by atoms with Crippen molar-refractivity contribution in [2.45, 2.75) is 33.4 Å². The molecule has 1 aromatic heterocycles. The quantitative estimate of drug-likeness (QED) is 0.731. The number of H-pyrrole nitrogens is 1. The Labute approximate surface area is 75.2 Å². The third-order valence-electron chi connectivity index (χ3n) is 1.30. The van der Waals surface area contributed by atoms with E-state index in [4.69, 9.17) is 0 Å². The molecule has 0 aliphatic carbocycles. The molecule has 0 fully saturated rings. The van der Waals surface area contributed by atoms with Crippen molar-refractivity contribution in [1.82, 2.24) is 10.2 Å². The highest BCUT2D eigenvalue weighted by atomic mass is 19.4. The van der Waals surface area contributed by atoms with Crippen LogP contribution in [0.4, 0.5) is 13.2 Å². The van der Waals surface area contributed by atoms with Gasteiger partial charge in [-0.15, -0.1) is 0 Å². The van der Waals surface area contributed by atoms with Crippen LogP contribution in [0.25, 0.3) is 0 Å². The minimum atomic E-state index is -4.33. The molecule has 0 radical (unpaired) electrons. The fourth-order valence-electron chi connectivity index (χ4n) is 0.688. The molecule has 0 amide bonds. The number of halogens is 3. The number of rotatable bonds is 1. The van der Waals surface area contributed by atoms with Gasteiger partial charge in [0.05, 0.1) is 0 Å². The van der Waals surface area contributed by atoms with E-state index in [-0.39, 0.29) is 0 Å². The van der Waals surface area contributed by atoms with Gasteiger partial charge in [0.2, 0.25) is 0 Å². The van der Waals surface area contributed by atoms with Gasteiger partial charge in [0.15, 0.2) is 5.69 Å². The van der Waals surface area contributed by atoms with Crippen molar-refractivity contribution < 1.29 is 13.2 Å². The maximum absolute atomic E-state index is 11.9. The Morgan fingerprint density at radius 2 is 1.92 bits per heavy atom. The van der Waals surface area contributed by atoms with Crippen LogP contribution in [-0.4, -0.2) is 10.2 Å². The lowest BCUT2D eigenvalue weighted by atomic mass is 10.3. The second-order valence-corrected chi connectivity index (χ2v) is 2.13. The van der Waals surface area contributed by atoms with Crippen LogP contribution in [0.1, 0.15) is 32.2 Å². The van der Waals surface area contributed by atoms with E-state index in [0.717, 1.165) is 6.07 Å². The zero-order valence-electron chi connectivity index (χ0n) is 7.87. The third-order valence-corrected chi connectivity index (χ3v) is 1.30. The molecule has 1 rings (SSSR count). The van der Waals surface area contributed by atoms with E-state index < -0.39 is 11.9 Å². The van der Waals surface area contributed by atoms with Crippen molar-refractivity contribution in [3.05, 3.63) is 17.5 Å². The molecule has 13 heavy (non-hydrogen) atoms. The summed E-state index contributed by atoms with van der Waals surface area (Å²) in [6, 6.07) is 1.01. The second-order valence-electron chi connectivity index (χ2n) is 2.13. The van der Waals surface area contributed by atoms with E-state index >= 15 is 0 Å². The van der Waals surface area contributed by atoms with E-state index in [1.807, 2.05) is 13.8 Å². The fraction of sp³-hybridized carbons (Fsp3) is 0.625. The number of aromatic amines is 1. The predicted octanol–water partition coefficient (Wildman–Crippen LogP) is 3.02. The number of aryl methyl sites for hydroxylation is 1. The van der Waals surface area contributed by atoms with E-state index in [0.29, 0.717) is 12.1 Å². The van der Waals surface area contributed by atoms with Crippen molar-refractivity contribution in [3.63, 3.8) is 0 Å². The Morgan fingerprint density at radius 1 is 1.38 bits per heavy atom. The van der Waals surface area contributed by atoms with Crippen molar-refractivity contribution in [2.24, 2.45) is 0 Å². The van der Waals surface area contributed by atoms with Gasteiger partial charge < -0.3 is 0 Å². The van der Waals surface area contributed by atoms with Crippen LogP contribution in [0.5, 0.6) is 0 Å². The molecule has 0 saturated carbocycles. The lowest BCUT2D eigenvalue weighted by Gasteiger charge is -1.98. The monoisotopic (exact) mass is 194 g/mol. The molecule has 0 unspecified atom stereocenters. The van der Waals surface area contributed by atoms with E-state index in [1.54, 1.807) is 6.92 Å². The van der Waals surface area contributed by atoms with Gasteiger partial charge in [-0.3, -0.25) is 5.10 Å². The van der Waals surface area contributed by atoms with Crippen molar-refractivity contribution in [2.75, 3.05) is 0 Å². The molecular weight excluding hydrogens is 181 g/mol. The molecule has 0 aliphatic rings. The third kappa shape index (κ3) is 3.48. The Morgan fingerprint density at radius 3 is 2.15 bits per heavy atom. The molecule has 1 aromatic rings.